The smallest absolute Gasteiger partial charge is 0.433 e. The number of rotatable bonds is 7. The molecule has 0 aliphatic rings. The predicted molar refractivity (Wildman–Crippen MR) is 93.2 cm³/mol. The molecule has 2 rings (SSSR count). The molecule has 0 amide bonds. The summed E-state index contributed by atoms with van der Waals surface area (Å²) in [6.45, 7) is 3.75. The van der Waals surface area contributed by atoms with E-state index in [1.807, 2.05) is 13.8 Å². The van der Waals surface area contributed by atoms with Crippen molar-refractivity contribution in [3.05, 3.63) is 30.0 Å². The van der Waals surface area contributed by atoms with Gasteiger partial charge in [-0.3, -0.25) is 0 Å². The van der Waals surface area contributed by atoms with Crippen LogP contribution >= 0.6 is 0 Å². The second kappa shape index (κ2) is 8.11. The van der Waals surface area contributed by atoms with Crippen LogP contribution in [-0.4, -0.2) is 30.2 Å². The Balaban J connectivity index is 2.40. The lowest BCUT2D eigenvalue weighted by Crippen LogP contribution is -2.18. The Bertz CT molecular complexity index is 731. The van der Waals surface area contributed by atoms with Crippen molar-refractivity contribution in [2.75, 3.05) is 24.9 Å². The van der Waals surface area contributed by atoms with Crippen LogP contribution in [0.1, 0.15) is 26.0 Å². The number of aromatic nitrogens is 2. The van der Waals surface area contributed by atoms with Crippen LogP contribution < -0.4 is 20.1 Å². The minimum atomic E-state index is -4.59. The Kier molecular flexibility index (Phi) is 6.12. The molecule has 1 atom stereocenters. The minimum Gasteiger partial charge on any atom is -0.497 e. The summed E-state index contributed by atoms with van der Waals surface area (Å²) in [4.78, 5) is 7.69. The van der Waals surface area contributed by atoms with Gasteiger partial charge in [-0.2, -0.15) is 18.2 Å². The predicted octanol–water partition coefficient (Wildman–Crippen LogP) is 4.47. The molecular formula is C17H21F3N4O2. The van der Waals surface area contributed by atoms with Crippen LogP contribution in [-0.2, 0) is 6.18 Å². The molecule has 2 aromatic rings. The Labute approximate surface area is 149 Å². The molecule has 1 aromatic carbocycles. The Morgan fingerprint density at radius 1 is 1.04 bits per heavy atom. The molecule has 0 bridgehead atoms. The summed E-state index contributed by atoms with van der Waals surface area (Å²) in [7, 11) is 2.97. The van der Waals surface area contributed by atoms with Crippen molar-refractivity contribution in [2.24, 2.45) is 0 Å². The number of anilines is 3. The van der Waals surface area contributed by atoms with Crippen LogP contribution in [0.15, 0.2) is 24.3 Å². The van der Waals surface area contributed by atoms with E-state index in [-0.39, 0.29) is 17.8 Å². The number of halogens is 3. The van der Waals surface area contributed by atoms with E-state index in [0.717, 1.165) is 12.5 Å². The second-order valence-electron chi connectivity index (χ2n) is 5.64. The fraction of sp³-hybridized carbons (Fsp3) is 0.412. The van der Waals surface area contributed by atoms with E-state index in [9.17, 15) is 13.2 Å². The van der Waals surface area contributed by atoms with Gasteiger partial charge in [-0.15, -0.1) is 0 Å². The van der Waals surface area contributed by atoms with E-state index in [1.54, 1.807) is 18.2 Å². The summed E-state index contributed by atoms with van der Waals surface area (Å²) < 4.78 is 49.8. The molecular weight excluding hydrogens is 349 g/mol. The molecule has 0 fully saturated rings. The summed E-state index contributed by atoms with van der Waals surface area (Å²) in [6, 6.07) is 5.69. The maximum Gasteiger partial charge on any atom is 0.433 e. The molecule has 0 saturated heterocycles. The zero-order valence-corrected chi connectivity index (χ0v) is 14.9. The Morgan fingerprint density at radius 2 is 1.65 bits per heavy atom. The van der Waals surface area contributed by atoms with Gasteiger partial charge in [-0.05, 0) is 13.3 Å². The summed E-state index contributed by atoms with van der Waals surface area (Å²) in [6.07, 6.45) is -3.87. The molecule has 6 nitrogen and oxygen atoms in total. The first kappa shape index (κ1) is 19.6. The molecule has 0 aliphatic carbocycles. The number of nitrogens with one attached hydrogen (secondary N) is 2. The molecule has 26 heavy (non-hydrogen) atoms. The lowest BCUT2D eigenvalue weighted by molar-refractivity contribution is -0.141. The Hall–Kier alpha value is -2.71. The van der Waals surface area contributed by atoms with Gasteiger partial charge < -0.3 is 20.1 Å². The summed E-state index contributed by atoms with van der Waals surface area (Å²) in [5, 5.41) is 5.71. The van der Waals surface area contributed by atoms with Gasteiger partial charge in [0.25, 0.3) is 0 Å². The number of benzene rings is 1. The molecule has 0 spiro atoms. The highest BCUT2D eigenvalue weighted by Crippen LogP contribution is 2.32. The van der Waals surface area contributed by atoms with Crippen LogP contribution in [0.25, 0.3) is 0 Å². The van der Waals surface area contributed by atoms with E-state index in [1.165, 1.54) is 14.2 Å². The van der Waals surface area contributed by atoms with Gasteiger partial charge in [0.1, 0.15) is 17.3 Å². The number of methoxy groups -OCH3 is 2. The third-order valence-electron chi connectivity index (χ3n) is 3.63. The monoisotopic (exact) mass is 370 g/mol. The van der Waals surface area contributed by atoms with Gasteiger partial charge in [0.05, 0.1) is 14.2 Å². The molecule has 9 heteroatoms. The van der Waals surface area contributed by atoms with Crippen molar-refractivity contribution in [2.45, 2.75) is 32.5 Å². The molecule has 0 saturated carbocycles. The number of hydrogen-bond donors (Lipinski definition) is 2. The highest BCUT2D eigenvalue weighted by atomic mass is 19.4. The van der Waals surface area contributed by atoms with Crippen LogP contribution in [0.2, 0.25) is 0 Å². The second-order valence-corrected chi connectivity index (χ2v) is 5.64. The molecule has 0 aliphatic heterocycles. The van der Waals surface area contributed by atoms with Gasteiger partial charge >= 0.3 is 6.18 Å². The number of nitrogens with zero attached hydrogens (tertiary/aromatic N) is 2. The SMILES string of the molecule is CC[C@@H](C)Nc1nc(Nc2cc(OC)cc(OC)c2)cc(C(F)(F)F)n1. The lowest BCUT2D eigenvalue weighted by atomic mass is 10.2. The van der Waals surface area contributed by atoms with Crippen molar-refractivity contribution >= 4 is 17.5 Å². The fourth-order valence-electron chi connectivity index (χ4n) is 2.07. The van der Waals surface area contributed by atoms with Gasteiger partial charge in [0.2, 0.25) is 5.95 Å². The lowest BCUT2D eigenvalue weighted by Gasteiger charge is -2.16. The molecule has 2 N–H and O–H groups in total. The van der Waals surface area contributed by atoms with Crippen LogP contribution in [0.5, 0.6) is 11.5 Å². The van der Waals surface area contributed by atoms with E-state index >= 15 is 0 Å². The number of alkyl halides is 3. The van der Waals surface area contributed by atoms with Crippen molar-refractivity contribution in [3.63, 3.8) is 0 Å². The third-order valence-corrected chi connectivity index (χ3v) is 3.63. The normalized spacial score (nSPS) is 12.4. The summed E-state index contributed by atoms with van der Waals surface area (Å²) in [5.74, 6) is 0.907. The fourth-order valence-corrected chi connectivity index (χ4v) is 2.07. The average molecular weight is 370 g/mol. The van der Waals surface area contributed by atoms with Crippen LogP contribution in [0.4, 0.5) is 30.6 Å². The van der Waals surface area contributed by atoms with E-state index in [2.05, 4.69) is 20.6 Å². The molecule has 142 valence electrons. The zero-order chi connectivity index (χ0) is 19.3. The maximum atomic E-state index is 13.2. The van der Waals surface area contributed by atoms with Gasteiger partial charge in [0, 0.05) is 36.0 Å². The molecule has 1 aromatic heterocycles. The quantitative estimate of drug-likeness (QED) is 0.750. The van der Waals surface area contributed by atoms with E-state index < -0.39 is 11.9 Å². The third kappa shape index (κ3) is 5.14. The standard InChI is InChI=1S/C17H21F3N4O2/c1-5-10(2)21-16-23-14(17(18,19)20)9-15(24-16)22-11-6-12(25-3)8-13(7-11)26-4/h6-10H,5H2,1-4H3,(H2,21,22,23,24)/t10-/m1/s1. The Morgan fingerprint density at radius 3 is 2.15 bits per heavy atom. The minimum absolute atomic E-state index is 0.00781. The van der Waals surface area contributed by atoms with Crippen LogP contribution in [0, 0.1) is 0 Å². The highest BCUT2D eigenvalue weighted by molar-refractivity contribution is 5.62. The maximum absolute atomic E-state index is 13.2. The highest BCUT2D eigenvalue weighted by Gasteiger charge is 2.34. The zero-order valence-electron chi connectivity index (χ0n) is 14.9. The van der Waals surface area contributed by atoms with E-state index in [0.29, 0.717) is 17.2 Å². The first-order chi connectivity index (χ1) is 12.2. The summed E-state index contributed by atoms with van der Waals surface area (Å²) >= 11 is 0. The van der Waals surface area contributed by atoms with Gasteiger partial charge in [-0.1, -0.05) is 6.92 Å². The van der Waals surface area contributed by atoms with Crippen LogP contribution in [0.3, 0.4) is 0 Å². The van der Waals surface area contributed by atoms with Crippen molar-refractivity contribution < 1.29 is 22.6 Å². The topological polar surface area (TPSA) is 68.3 Å². The van der Waals surface area contributed by atoms with E-state index in [4.69, 9.17) is 9.47 Å². The number of hydrogen-bond acceptors (Lipinski definition) is 6. The first-order valence-electron chi connectivity index (χ1n) is 7.98. The molecule has 1 heterocycles. The van der Waals surface area contributed by atoms with Gasteiger partial charge in [-0.25, -0.2) is 4.98 Å². The van der Waals surface area contributed by atoms with Crippen molar-refractivity contribution in [1.29, 1.82) is 0 Å². The molecule has 0 radical (unpaired) electrons. The largest absolute Gasteiger partial charge is 0.497 e. The van der Waals surface area contributed by atoms with Gasteiger partial charge in [0.15, 0.2) is 5.69 Å². The average Bonchev–Trinajstić information content (AvgIpc) is 2.60. The number of ether oxygens (including phenoxy) is 2. The van der Waals surface area contributed by atoms with Crippen molar-refractivity contribution in [3.8, 4) is 11.5 Å². The first-order valence-corrected chi connectivity index (χ1v) is 7.98. The summed E-state index contributed by atoms with van der Waals surface area (Å²) in [5.41, 5.74) is -0.557. The molecule has 0 unspecified atom stereocenters. The van der Waals surface area contributed by atoms with Crippen molar-refractivity contribution in [1.82, 2.24) is 9.97 Å².